The van der Waals surface area contributed by atoms with Crippen molar-refractivity contribution in [2.75, 3.05) is 0 Å². The topological polar surface area (TPSA) is 98.3 Å². The summed E-state index contributed by atoms with van der Waals surface area (Å²) in [6.07, 6.45) is 1.71. The molecule has 2 aromatic heterocycles. The minimum atomic E-state index is -1.03. The first-order valence-corrected chi connectivity index (χ1v) is 12.6. The molecule has 5 rings (SSSR count). The lowest BCUT2D eigenvalue weighted by Gasteiger charge is -2.12. The van der Waals surface area contributed by atoms with E-state index in [1.807, 2.05) is 41.8 Å². The van der Waals surface area contributed by atoms with E-state index in [4.69, 9.17) is 27.2 Å². The lowest BCUT2D eigenvalue weighted by molar-refractivity contribution is -0.138. The van der Waals surface area contributed by atoms with Gasteiger partial charge in [0.25, 0.3) is 0 Å². The Labute approximate surface area is 221 Å². The third-order valence-corrected chi connectivity index (χ3v) is 7.12. The largest absolute Gasteiger partial charge is 0.480 e. The molecule has 3 N–H and O–H groups in total. The van der Waals surface area contributed by atoms with Crippen LogP contribution < -0.4 is 10.5 Å². The van der Waals surface area contributed by atoms with Crippen LogP contribution in [0.25, 0.3) is 32.5 Å². The second-order valence-electron chi connectivity index (χ2n) is 8.45. The number of hydrogen-bond donors (Lipinski definition) is 2. The molecule has 0 aliphatic heterocycles. The standard InChI is InChI=1S/C28H21ClFN3O3S/c29-20-9-8-19(22(12-20)18-2-1-3-21(30)11-18)13-36-27-26-25(32-15-33-27)23(14-37-26)17-6-4-16(5-7-17)10-24(31)28(34)35/h1-9,11-12,14-15,24H,10,13,31H2,(H,34,35). The number of thiophene rings is 1. The second kappa shape index (κ2) is 10.6. The normalized spacial score (nSPS) is 12.0. The fourth-order valence-corrected chi connectivity index (χ4v) is 5.19. The first-order chi connectivity index (χ1) is 17.9. The number of benzene rings is 3. The molecule has 37 heavy (non-hydrogen) atoms. The summed E-state index contributed by atoms with van der Waals surface area (Å²) in [6.45, 7) is 0.209. The molecule has 0 saturated heterocycles. The van der Waals surface area contributed by atoms with Gasteiger partial charge in [0.15, 0.2) is 0 Å². The van der Waals surface area contributed by atoms with E-state index in [0.29, 0.717) is 16.5 Å². The zero-order chi connectivity index (χ0) is 25.9. The number of halogens is 2. The minimum Gasteiger partial charge on any atom is -0.480 e. The lowest BCUT2D eigenvalue weighted by Crippen LogP contribution is -2.32. The molecule has 1 unspecified atom stereocenters. The number of carboxylic acid groups (broad SMARTS) is 1. The molecule has 9 heteroatoms. The number of aromatic nitrogens is 2. The van der Waals surface area contributed by atoms with Gasteiger partial charge in [-0.25, -0.2) is 14.4 Å². The monoisotopic (exact) mass is 533 g/mol. The number of aliphatic carboxylic acids is 1. The van der Waals surface area contributed by atoms with E-state index in [1.54, 1.807) is 18.2 Å². The fourth-order valence-electron chi connectivity index (χ4n) is 4.04. The third-order valence-electron chi connectivity index (χ3n) is 5.93. The van der Waals surface area contributed by atoms with Gasteiger partial charge in [-0.3, -0.25) is 4.79 Å². The predicted molar refractivity (Wildman–Crippen MR) is 143 cm³/mol. The lowest BCUT2D eigenvalue weighted by atomic mass is 10.00. The third kappa shape index (κ3) is 5.46. The average molecular weight is 534 g/mol. The molecule has 0 radical (unpaired) electrons. The first kappa shape index (κ1) is 24.8. The fraction of sp³-hybridized carbons (Fsp3) is 0.107. The van der Waals surface area contributed by atoms with Gasteiger partial charge in [-0.15, -0.1) is 11.3 Å². The Kier molecular flexibility index (Phi) is 7.14. The van der Waals surface area contributed by atoms with Crippen LogP contribution in [-0.4, -0.2) is 27.1 Å². The van der Waals surface area contributed by atoms with E-state index in [-0.39, 0.29) is 18.8 Å². The van der Waals surface area contributed by atoms with Crippen LogP contribution in [0.5, 0.6) is 5.88 Å². The van der Waals surface area contributed by atoms with Crippen LogP contribution in [-0.2, 0) is 17.8 Å². The summed E-state index contributed by atoms with van der Waals surface area (Å²) in [4.78, 5) is 19.9. The maximum atomic E-state index is 13.9. The molecular weight excluding hydrogens is 513 g/mol. The Morgan fingerprint density at radius 1 is 1.05 bits per heavy atom. The van der Waals surface area contributed by atoms with Crippen molar-refractivity contribution in [1.29, 1.82) is 0 Å². The quantitative estimate of drug-likeness (QED) is 0.241. The summed E-state index contributed by atoms with van der Waals surface area (Å²) >= 11 is 7.70. The van der Waals surface area contributed by atoms with Gasteiger partial charge in [0.2, 0.25) is 5.88 Å². The Bertz CT molecular complexity index is 1590. The highest BCUT2D eigenvalue weighted by atomic mass is 35.5. The summed E-state index contributed by atoms with van der Waals surface area (Å²) in [5.74, 6) is -0.907. The SMILES string of the molecule is NC(Cc1ccc(-c2csc3c(OCc4ccc(Cl)cc4-c4cccc(F)c4)ncnc23)cc1)C(=O)O. The van der Waals surface area contributed by atoms with E-state index in [2.05, 4.69) is 9.97 Å². The molecule has 186 valence electrons. The van der Waals surface area contributed by atoms with Crippen molar-refractivity contribution in [3.8, 4) is 28.1 Å². The van der Waals surface area contributed by atoms with E-state index < -0.39 is 12.0 Å². The van der Waals surface area contributed by atoms with Gasteiger partial charge in [0, 0.05) is 16.0 Å². The molecule has 0 bridgehead atoms. The van der Waals surface area contributed by atoms with Gasteiger partial charge in [0.1, 0.15) is 29.5 Å². The van der Waals surface area contributed by atoms with Gasteiger partial charge in [-0.05, 0) is 58.5 Å². The highest BCUT2D eigenvalue weighted by molar-refractivity contribution is 7.18. The van der Waals surface area contributed by atoms with Gasteiger partial charge in [-0.2, -0.15) is 0 Å². The summed E-state index contributed by atoms with van der Waals surface area (Å²) in [6, 6.07) is 18.4. The number of nitrogens with two attached hydrogens (primary N) is 1. The molecule has 1 atom stereocenters. The van der Waals surface area contributed by atoms with Crippen molar-refractivity contribution in [1.82, 2.24) is 9.97 Å². The molecular formula is C28H21ClFN3O3S. The average Bonchev–Trinajstić information content (AvgIpc) is 3.33. The van der Waals surface area contributed by atoms with Crippen molar-refractivity contribution in [3.63, 3.8) is 0 Å². The van der Waals surface area contributed by atoms with E-state index in [1.165, 1.54) is 29.8 Å². The molecule has 0 spiro atoms. The summed E-state index contributed by atoms with van der Waals surface area (Å²) in [7, 11) is 0. The number of rotatable bonds is 8. The number of hydrogen-bond acceptors (Lipinski definition) is 6. The molecule has 0 aliphatic carbocycles. The maximum absolute atomic E-state index is 13.9. The molecule has 3 aromatic carbocycles. The number of fused-ring (bicyclic) bond motifs is 1. The maximum Gasteiger partial charge on any atom is 0.320 e. The second-order valence-corrected chi connectivity index (χ2v) is 9.77. The Morgan fingerprint density at radius 2 is 1.86 bits per heavy atom. The van der Waals surface area contributed by atoms with Gasteiger partial charge in [0.05, 0.1) is 5.52 Å². The summed E-state index contributed by atoms with van der Waals surface area (Å²) < 4.78 is 20.8. The molecule has 0 fully saturated rings. The minimum absolute atomic E-state index is 0.209. The number of carbonyl (C=O) groups is 1. The van der Waals surface area contributed by atoms with E-state index >= 15 is 0 Å². The Morgan fingerprint density at radius 3 is 2.62 bits per heavy atom. The Hall–Kier alpha value is -3.85. The van der Waals surface area contributed by atoms with Crippen molar-refractivity contribution in [3.05, 3.63) is 100 Å². The van der Waals surface area contributed by atoms with E-state index in [0.717, 1.165) is 38.0 Å². The van der Waals surface area contributed by atoms with Crippen LogP contribution in [0.1, 0.15) is 11.1 Å². The Balaban J connectivity index is 1.40. The van der Waals surface area contributed by atoms with Gasteiger partial charge < -0.3 is 15.6 Å². The van der Waals surface area contributed by atoms with Crippen molar-refractivity contribution in [2.45, 2.75) is 19.1 Å². The molecule has 0 saturated carbocycles. The summed E-state index contributed by atoms with van der Waals surface area (Å²) in [5, 5.41) is 11.6. The van der Waals surface area contributed by atoms with Crippen LogP contribution in [0.4, 0.5) is 4.39 Å². The molecule has 6 nitrogen and oxygen atoms in total. The molecule has 0 aliphatic rings. The zero-order valence-electron chi connectivity index (χ0n) is 19.4. The number of nitrogens with zero attached hydrogens (tertiary/aromatic N) is 2. The zero-order valence-corrected chi connectivity index (χ0v) is 21.0. The van der Waals surface area contributed by atoms with Crippen molar-refractivity contribution in [2.24, 2.45) is 5.73 Å². The van der Waals surface area contributed by atoms with Crippen LogP contribution >= 0.6 is 22.9 Å². The van der Waals surface area contributed by atoms with Crippen molar-refractivity contribution >= 4 is 39.1 Å². The van der Waals surface area contributed by atoms with Crippen molar-refractivity contribution < 1.29 is 19.0 Å². The molecule has 0 amide bonds. The van der Waals surface area contributed by atoms with E-state index in [9.17, 15) is 9.18 Å². The van der Waals surface area contributed by atoms with Crippen LogP contribution in [0.3, 0.4) is 0 Å². The molecule has 2 heterocycles. The number of ether oxygens (including phenoxy) is 1. The highest BCUT2D eigenvalue weighted by Gasteiger charge is 2.16. The summed E-state index contributed by atoms with van der Waals surface area (Å²) in [5.41, 5.74) is 11.4. The van der Waals surface area contributed by atoms with Crippen LogP contribution in [0.15, 0.2) is 78.4 Å². The number of carboxylic acids is 1. The molecule has 5 aromatic rings. The highest BCUT2D eigenvalue weighted by Crippen LogP contribution is 2.37. The van der Waals surface area contributed by atoms with Gasteiger partial charge >= 0.3 is 5.97 Å². The predicted octanol–water partition coefficient (Wildman–Crippen LogP) is 6.35. The van der Waals surface area contributed by atoms with Crippen LogP contribution in [0.2, 0.25) is 5.02 Å². The first-order valence-electron chi connectivity index (χ1n) is 11.4. The smallest absolute Gasteiger partial charge is 0.320 e. The van der Waals surface area contributed by atoms with Crippen LogP contribution in [0, 0.1) is 5.82 Å². The van der Waals surface area contributed by atoms with Gasteiger partial charge in [-0.1, -0.05) is 54.1 Å².